The largest absolute Gasteiger partial charge is 0.487 e. The number of ether oxygens (including phenoxy) is 13. The average molecular weight is 741 g/mol. The predicted octanol–water partition coefficient (Wildman–Crippen LogP) is 4.39. The summed E-state index contributed by atoms with van der Waals surface area (Å²) in [6.45, 7) is 10.4. The molecule has 0 aliphatic rings. The summed E-state index contributed by atoms with van der Waals surface area (Å²) in [6, 6.07) is 13.1. The van der Waals surface area contributed by atoms with E-state index in [1.54, 1.807) is 19.2 Å². The van der Waals surface area contributed by atoms with Crippen LogP contribution in [0.15, 0.2) is 42.5 Å². The SMILES string of the molecule is CCCCOCCOCCOCCOc1cc(C(=O)OC)cc(OCCOCCOCCOC)c1OCCOCCOCCOCc1ccccc1. The molecule has 0 aliphatic carbocycles. The quantitative estimate of drug-likeness (QED) is 0.0722. The van der Waals surface area contributed by atoms with E-state index in [2.05, 4.69) is 6.92 Å². The minimum atomic E-state index is -0.549. The highest BCUT2D eigenvalue weighted by atomic mass is 16.6. The number of benzene rings is 2. The summed E-state index contributed by atoms with van der Waals surface area (Å²) < 4.78 is 72.7. The normalized spacial score (nSPS) is 11.1. The lowest BCUT2D eigenvalue weighted by atomic mass is 10.2. The molecule has 2 aromatic rings. The molecule has 0 radical (unpaired) electrons. The molecule has 2 aromatic carbocycles. The number of carbonyl (C=O) groups excluding carboxylic acids is 1. The summed E-state index contributed by atoms with van der Waals surface area (Å²) in [5, 5.41) is 0. The molecule has 0 aliphatic heterocycles. The van der Waals surface area contributed by atoms with Crippen LogP contribution in [0, 0.1) is 0 Å². The maximum atomic E-state index is 12.5. The molecule has 0 spiro atoms. The molecule has 296 valence electrons. The third kappa shape index (κ3) is 22.8. The van der Waals surface area contributed by atoms with Gasteiger partial charge in [-0.25, -0.2) is 4.79 Å². The van der Waals surface area contributed by atoms with Gasteiger partial charge in [-0.15, -0.1) is 0 Å². The molecule has 0 aromatic heterocycles. The van der Waals surface area contributed by atoms with E-state index in [1.807, 2.05) is 30.3 Å². The van der Waals surface area contributed by atoms with Gasteiger partial charge in [-0.2, -0.15) is 0 Å². The Morgan fingerprint density at radius 1 is 0.500 bits per heavy atom. The molecule has 0 heterocycles. The summed E-state index contributed by atoms with van der Waals surface area (Å²) in [5.74, 6) is 0.365. The third-order valence-electron chi connectivity index (χ3n) is 6.93. The number of carbonyl (C=O) groups is 1. The van der Waals surface area contributed by atoms with E-state index in [0.29, 0.717) is 103 Å². The number of unbranched alkanes of at least 4 members (excludes halogenated alkanes) is 1. The fourth-order valence-corrected chi connectivity index (χ4v) is 4.25. The first-order valence-electron chi connectivity index (χ1n) is 18.0. The van der Waals surface area contributed by atoms with E-state index in [4.69, 9.17) is 61.6 Å². The average Bonchev–Trinajstić information content (AvgIpc) is 3.17. The Balaban J connectivity index is 1.83. The van der Waals surface area contributed by atoms with Gasteiger partial charge < -0.3 is 61.6 Å². The summed E-state index contributed by atoms with van der Waals surface area (Å²) >= 11 is 0. The van der Waals surface area contributed by atoms with Crippen molar-refractivity contribution in [1.82, 2.24) is 0 Å². The molecular formula is C38H60O14. The van der Waals surface area contributed by atoms with Crippen LogP contribution >= 0.6 is 0 Å². The van der Waals surface area contributed by atoms with Gasteiger partial charge in [-0.3, -0.25) is 0 Å². The smallest absolute Gasteiger partial charge is 0.338 e. The van der Waals surface area contributed by atoms with E-state index in [0.717, 1.165) is 25.0 Å². The second-order valence-electron chi connectivity index (χ2n) is 11.0. The summed E-state index contributed by atoms with van der Waals surface area (Å²) in [6.07, 6.45) is 2.15. The van der Waals surface area contributed by atoms with E-state index < -0.39 is 5.97 Å². The molecule has 2 rings (SSSR count). The molecule has 0 saturated heterocycles. The molecule has 52 heavy (non-hydrogen) atoms. The van der Waals surface area contributed by atoms with Crippen LogP contribution in [0.3, 0.4) is 0 Å². The molecule has 0 amide bonds. The zero-order valence-corrected chi connectivity index (χ0v) is 31.3. The molecule has 0 N–H and O–H groups in total. The lowest BCUT2D eigenvalue weighted by Crippen LogP contribution is -2.16. The van der Waals surface area contributed by atoms with Crippen LogP contribution < -0.4 is 14.2 Å². The highest BCUT2D eigenvalue weighted by molar-refractivity contribution is 5.91. The van der Waals surface area contributed by atoms with Gasteiger partial charge in [0.25, 0.3) is 0 Å². The van der Waals surface area contributed by atoms with Gasteiger partial charge in [0.1, 0.15) is 19.8 Å². The molecule has 14 nitrogen and oxygen atoms in total. The molecule has 0 saturated carbocycles. The van der Waals surface area contributed by atoms with Crippen molar-refractivity contribution < 1.29 is 66.4 Å². The van der Waals surface area contributed by atoms with Crippen molar-refractivity contribution in [3.63, 3.8) is 0 Å². The Labute approximate surface area is 309 Å². The summed E-state index contributed by atoms with van der Waals surface area (Å²) in [5.41, 5.74) is 1.36. The van der Waals surface area contributed by atoms with Crippen molar-refractivity contribution in [1.29, 1.82) is 0 Å². The fourth-order valence-electron chi connectivity index (χ4n) is 4.25. The van der Waals surface area contributed by atoms with Crippen LogP contribution in [-0.2, 0) is 54.0 Å². The summed E-state index contributed by atoms with van der Waals surface area (Å²) in [4.78, 5) is 12.5. The molecule has 0 unspecified atom stereocenters. The standard InChI is InChI=1S/C38H60O14/c1-4-5-11-42-14-15-44-17-20-47-25-28-51-36-31-34(38(39)41-3)30-35(50-27-24-46-19-16-43-13-12-40-2)37(36)52-29-26-48-21-18-45-22-23-49-32-33-9-7-6-8-10-33/h6-10,30-31H,4-5,11-29,32H2,1-3H3. The van der Waals surface area contributed by atoms with Crippen molar-refractivity contribution in [2.75, 3.05) is 140 Å². The van der Waals surface area contributed by atoms with Gasteiger partial charge in [-0.1, -0.05) is 43.7 Å². The Kier molecular flexibility index (Phi) is 28.3. The van der Waals surface area contributed by atoms with Crippen molar-refractivity contribution in [2.45, 2.75) is 26.4 Å². The maximum absolute atomic E-state index is 12.5. The second kappa shape index (κ2) is 32.6. The highest BCUT2D eigenvalue weighted by Crippen LogP contribution is 2.39. The van der Waals surface area contributed by atoms with Gasteiger partial charge >= 0.3 is 5.97 Å². The highest BCUT2D eigenvalue weighted by Gasteiger charge is 2.19. The van der Waals surface area contributed by atoms with Gasteiger partial charge in [0, 0.05) is 13.7 Å². The Morgan fingerprint density at radius 2 is 0.923 bits per heavy atom. The first kappa shape index (κ1) is 45.1. The number of hydrogen-bond acceptors (Lipinski definition) is 14. The van der Waals surface area contributed by atoms with Crippen LogP contribution in [0.1, 0.15) is 35.7 Å². The minimum absolute atomic E-state index is 0.189. The van der Waals surface area contributed by atoms with Crippen molar-refractivity contribution in [2.24, 2.45) is 0 Å². The number of rotatable bonds is 36. The van der Waals surface area contributed by atoms with Crippen LogP contribution in [0.4, 0.5) is 0 Å². The van der Waals surface area contributed by atoms with Crippen molar-refractivity contribution in [3.05, 3.63) is 53.6 Å². The summed E-state index contributed by atoms with van der Waals surface area (Å²) in [7, 11) is 2.93. The van der Waals surface area contributed by atoms with Crippen molar-refractivity contribution in [3.8, 4) is 17.2 Å². The molecule has 0 bridgehead atoms. The Hall–Kier alpha value is -3.05. The van der Waals surface area contributed by atoms with E-state index in [9.17, 15) is 4.79 Å². The molecular weight excluding hydrogens is 680 g/mol. The third-order valence-corrected chi connectivity index (χ3v) is 6.93. The second-order valence-corrected chi connectivity index (χ2v) is 11.0. The van der Waals surface area contributed by atoms with Crippen LogP contribution in [0.2, 0.25) is 0 Å². The lowest BCUT2D eigenvalue weighted by Gasteiger charge is -2.18. The van der Waals surface area contributed by atoms with Gasteiger partial charge in [0.2, 0.25) is 5.75 Å². The maximum Gasteiger partial charge on any atom is 0.338 e. The number of methoxy groups -OCH3 is 2. The monoisotopic (exact) mass is 740 g/mol. The first-order valence-corrected chi connectivity index (χ1v) is 18.0. The van der Waals surface area contributed by atoms with Crippen LogP contribution in [-0.4, -0.2) is 146 Å². The van der Waals surface area contributed by atoms with Crippen LogP contribution in [0.25, 0.3) is 0 Å². The van der Waals surface area contributed by atoms with Crippen molar-refractivity contribution >= 4 is 5.97 Å². The van der Waals surface area contributed by atoms with E-state index in [1.165, 1.54) is 7.11 Å². The molecule has 0 fully saturated rings. The van der Waals surface area contributed by atoms with E-state index in [-0.39, 0.29) is 45.2 Å². The first-order chi connectivity index (χ1) is 25.7. The zero-order valence-electron chi connectivity index (χ0n) is 31.3. The predicted molar refractivity (Wildman–Crippen MR) is 193 cm³/mol. The zero-order chi connectivity index (χ0) is 37.2. The fraction of sp³-hybridized carbons (Fsp3) is 0.658. The lowest BCUT2D eigenvalue weighted by molar-refractivity contribution is 0.00497. The Morgan fingerprint density at radius 3 is 1.38 bits per heavy atom. The topological polar surface area (TPSA) is 137 Å². The Bertz CT molecular complexity index is 1120. The van der Waals surface area contributed by atoms with Gasteiger partial charge in [0.15, 0.2) is 11.5 Å². The number of hydrogen-bond donors (Lipinski definition) is 0. The molecule has 14 heteroatoms. The molecule has 0 atom stereocenters. The number of esters is 1. The van der Waals surface area contributed by atoms with Crippen LogP contribution in [0.5, 0.6) is 17.2 Å². The van der Waals surface area contributed by atoms with Gasteiger partial charge in [0.05, 0.1) is 118 Å². The van der Waals surface area contributed by atoms with Gasteiger partial charge in [-0.05, 0) is 24.1 Å². The van der Waals surface area contributed by atoms with E-state index >= 15 is 0 Å². The minimum Gasteiger partial charge on any atom is -0.487 e.